The second-order valence-electron chi connectivity index (χ2n) is 11.1. The van der Waals surface area contributed by atoms with Gasteiger partial charge >= 0.3 is 5.97 Å². The number of carbonyl (C=O) groups is 1. The van der Waals surface area contributed by atoms with Crippen LogP contribution < -0.4 is 4.74 Å². The highest BCUT2D eigenvalue weighted by molar-refractivity contribution is 5.90. The highest BCUT2D eigenvalue weighted by Gasteiger charge is 2.42. The van der Waals surface area contributed by atoms with Gasteiger partial charge in [-0.15, -0.1) is 0 Å². The van der Waals surface area contributed by atoms with Gasteiger partial charge in [0.25, 0.3) is 0 Å². The van der Waals surface area contributed by atoms with Crippen molar-refractivity contribution in [2.45, 2.75) is 102 Å². The van der Waals surface area contributed by atoms with E-state index in [0.717, 1.165) is 55.2 Å². The van der Waals surface area contributed by atoms with Crippen LogP contribution >= 0.6 is 0 Å². The SMILES string of the molecule is CC[C@H]1CC[C@@H](Oc2ccc3cc(C(C)N4C5CCCC4CC(C(=O)O)C5)ccc3c2C#N)CC1. The molecule has 0 radical (unpaired) electrons. The van der Waals surface area contributed by atoms with Gasteiger partial charge < -0.3 is 9.84 Å². The lowest BCUT2D eigenvalue weighted by atomic mass is 9.77. The smallest absolute Gasteiger partial charge is 0.306 e. The zero-order valence-electron chi connectivity index (χ0n) is 21.1. The molecule has 3 aliphatic rings. The Kier molecular flexibility index (Phi) is 7.02. The van der Waals surface area contributed by atoms with Crippen LogP contribution in [0.5, 0.6) is 5.75 Å². The Bertz CT molecular complexity index is 1100. The molecule has 5 nitrogen and oxygen atoms in total. The molecule has 5 heteroatoms. The molecule has 3 atom stereocenters. The summed E-state index contributed by atoms with van der Waals surface area (Å²) in [6.07, 6.45) is 10.9. The van der Waals surface area contributed by atoms with Crippen LogP contribution in [0.4, 0.5) is 0 Å². The van der Waals surface area contributed by atoms with Crippen molar-refractivity contribution in [2.24, 2.45) is 11.8 Å². The average Bonchev–Trinajstić information content (AvgIpc) is 2.87. The predicted molar refractivity (Wildman–Crippen MR) is 137 cm³/mol. The topological polar surface area (TPSA) is 73.6 Å². The first-order valence-electron chi connectivity index (χ1n) is 13.6. The molecule has 35 heavy (non-hydrogen) atoms. The minimum atomic E-state index is -0.639. The van der Waals surface area contributed by atoms with Crippen molar-refractivity contribution >= 4 is 16.7 Å². The fourth-order valence-electron chi connectivity index (χ4n) is 7.06. The Labute approximate surface area is 209 Å². The number of benzene rings is 2. The number of carboxylic acids is 1. The van der Waals surface area contributed by atoms with Gasteiger partial charge in [-0.1, -0.05) is 38.0 Å². The summed E-state index contributed by atoms with van der Waals surface area (Å²) in [5.41, 5.74) is 1.87. The third kappa shape index (κ3) is 4.78. The van der Waals surface area contributed by atoms with Gasteiger partial charge in [0.15, 0.2) is 0 Å². The van der Waals surface area contributed by atoms with E-state index in [-0.39, 0.29) is 18.1 Å². The molecule has 3 unspecified atom stereocenters. The number of aliphatic carboxylic acids is 1. The van der Waals surface area contributed by atoms with Gasteiger partial charge in [0, 0.05) is 23.5 Å². The zero-order chi connectivity index (χ0) is 24.5. The Morgan fingerprint density at radius 1 is 1.11 bits per heavy atom. The third-order valence-electron chi connectivity index (χ3n) is 9.09. The van der Waals surface area contributed by atoms with E-state index in [2.05, 4.69) is 49.1 Å². The number of piperidine rings is 2. The molecule has 2 heterocycles. The number of nitriles is 1. The van der Waals surface area contributed by atoms with E-state index >= 15 is 0 Å². The van der Waals surface area contributed by atoms with Gasteiger partial charge in [-0.25, -0.2) is 0 Å². The summed E-state index contributed by atoms with van der Waals surface area (Å²) in [6.45, 7) is 4.52. The van der Waals surface area contributed by atoms with Crippen molar-refractivity contribution in [2.75, 3.05) is 0 Å². The molecule has 0 aromatic heterocycles. The number of hydrogen-bond donors (Lipinski definition) is 1. The van der Waals surface area contributed by atoms with Crippen molar-refractivity contribution < 1.29 is 14.6 Å². The quantitative estimate of drug-likeness (QED) is 0.496. The monoisotopic (exact) mass is 474 g/mol. The first kappa shape index (κ1) is 24.1. The maximum Gasteiger partial charge on any atom is 0.306 e. The summed E-state index contributed by atoms with van der Waals surface area (Å²) in [5, 5.41) is 21.6. The Hall–Kier alpha value is -2.58. The minimum Gasteiger partial charge on any atom is -0.489 e. The van der Waals surface area contributed by atoms with Crippen LogP contribution in [0.15, 0.2) is 30.3 Å². The molecule has 0 amide bonds. The molecule has 2 aromatic rings. The number of hydrogen-bond acceptors (Lipinski definition) is 4. The van der Waals surface area contributed by atoms with Crippen molar-refractivity contribution in [3.63, 3.8) is 0 Å². The van der Waals surface area contributed by atoms with E-state index in [4.69, 9.17) is 4.74 Å². The maximum absolute atomic E-state index is 11.7. The van der Waals surface area contributed by atoms with Crippen molar-refractivity contribution in [3.05, 3.63) is 41.5 Å². The van der Waals surface area contributed by atoms with Gasteiger partial charge in [-0.2, -0.15) is 5.26 Å². The maximum atomic E-state index is 11.7. The Morgan fingerprint density at radius 3 is 2.46 bits per heavy atom. The first-order chi connectivity index (χ1) is 17.0. The molecule has 2 saturated heterocycles. The van der Waals surface area contributed by atoms with Gasteiger partial charge in [0.1, 0.15) is 17.4 Å². The van der Waals surface area contributed by atoms with Crippen LogP contribution in [0.25, 0.3) is 10.8 Å². The van der Waals surface area contributed by atoms with E-state index < -0.39 is 5.97 Å². The molecule has 1 aliphatic carbocycles. The highest BCUT2D eigenvalue weighted by Crippen LogP contribution is 2.43. The summed E-state index contributed by atoms with van der Waals surface area (Å²) >= 11 is 0. The normalized spacial score (nSPS) is 29.9. The zero-order valence-corrected chi connectivity index (χ0v) is 21.1. The number of ether oxygens (including phenoxy) is 1. The molecule has 2 aliphatic heterocycles. The second kappa shape index (κ2) is 10.2. The van der Waals surface area contributed by atoms with Gasteiger partial charge in [-0.3, -0.25) is 9.69 Å². The lowest BCUT2D eigenvalue weighted by Crippen LogP contribution is -2.53. The fourth-order valence-corrected chi connectivity index (χ4v) is 7.06. The number of carboxylic acid groups (broad SMARTS) is 1. The van der Waals surface area contributed by atoms with Gasteiger partial charge in [0.05, 0.1) is 12.0 Å². The van der Waals surface area contributed by atoms with Crippen LogP contribution in [0, 0.1) is 23.2 Å². The summed E-state index contributed by atoms with van der Waals surface area (Å²) in [5.74, 6) is 0.683. The molecule has 1 saturated carbocycles. The standard InChI is InChI=1S/C30H38N2O3/c1-3-20-7-11-26(12-8-20)35-29-14-10-22-15-21(9-13-27(22)28(29)18-31)19(2)32-24-5-4-6-25(32)17-23(16-24)30(33)34/h9-10,13-15,19-20,23-26H,3-8,11-12,16-17H2,1-2H3,(H,33,34)/t19?,20-,23?,24?,25?,26+. The molecule has 1 N–H and O–H groups in total. The van der Waals surface area contributed by atoms with E-state index in [9.17, 15) is 15.2 Å². The van der Waals surface area contributed by atoms with Crippen molar-refractivity contribution in [1.82, 2.24) is 4.90 Å². The van der Waals surface area contributed by atoms with E-state index in [0.29, 0.717) is 23.4 Å². The molecule has 5 rings (SSSR count). The fraction of sp³-hybridized carbons (Fsp3) is 0.600. The van der Waals surface area contributed by atoms with Crippen LogP contribution in [-0.2, 0) is 4.79 Å². The molecule has 3 fully saturated rings. The van der Waals surface area contributed by atoms with E-state index in [1.54, 1.807) is 0 Å². The molecule has 2 bridgehead atoms. The van der Waals surface area contributed by atoms with E-state index in [1.807, 2.05) is 6.07 Å². The second-order valence-corrected chi connectivity index (χ2v) is 11.1. The van der Waals surface area contributed by atoms with Crippen LogP contribution in [0.1, 0.15) is 95.2 Å². The van der Waals surface area contributed by atoms with Crippen molar-refractivity contribution in [3.8, 4) is 11.8 Å². The minimum absolute atomic E-state index is 0.204. The molecule has 186 valence electrons. The van der Waals surface area contributed by atoms with Crippen LogP contribution in [0.3, 0.4) is 0 Å². The largest absolute Gasteiger partial charge is 0.489 e. The Morgan fingerprint density at radius 2 is 1.83 bits per heavy atom. The lowest BCUT2D eigenvalue weighted by Gasteiger charge is -2.51. The summed E-state index contributed by atoms with van der Waals surface area (Å²) in [4.78, 5) is 14.2. The Balaban J connectivity index is 1.37. The van der Waals surface area contributed by atoms with Crippen LogP contribution in [-0.4, -0.2) is 34.2 Å². The highest BCUT2D eigenvalue weighted by atomic mass is 16.5. The first-order valence-corrected chi connectivity index (χ1v) is 13.6. The lowest BCUT2D eigenvalue weighted by molar-refractivity contribution is -0.147. The molecular formula is C30H38N2O3. The predicted octanol–water partition coefficient (Wildman–Crippen LogP) is 6.84. The summed E-state index contributed by atoms with van der Waals surface area (Å²) < 4.78 is 6.35. The van der Waals surface area contributed by atoms with Crippen molar-refractivity contribution in [1.29, 1.82) is 5.26 Å². The third-order valence-corrected chi connectivity index (χ3v) is 9.09. The van der Waals surface area contributed by atoms with Gasteiger partial charge in [0.2, 0.25) is 0 Å². The number of fused-ring (bicyclic) bond motifs is 3. The summed E-state index contributed by atoms with van der Waals surface area (Å²) in [6, 6.07) is 13.8. The van der Waals surface area contributed by atoms with Gasteiger partial charge in [-0.05, 0) is 87.3 Å². The molecular weight excluding hydrogens is 436 g/mol. The van der Waals surface area contributed by atoms with E-state index in [1.165, 1.54) is 31.2 Å². The molecule has 0 spiro atoms. The summed E-state index contributed by atoms with van der Waals surface area (Å²) in [7, 11) is 0. The number of nitrogens with zero attached hydrogens (tertiary/aromatic N) is 2. The average molecular weight is 475 g/mol. The van der Waals surface area contributed by atoms with Crippen LogP contribution in [0.2, 0.25) is 0 Å². The molecule has 2 aromatic carbocycles. The number of rotatable bonds is 6.